The molecular formula is C12H15ClO4. The topological polar surface area (TPSA) is 55.8 Å². The van der Waals surface area contributed by atoms with E-state index in [4.69, 9.17) is 26.2 Å². The van der Waals surface area contributed by atoms with Gasteiger partial charge >= 0.3 is 5.97 Å². The summed E-state index contributed by atoms with van der Waals surface area (Å²) < 4.78 is 10.3. The maximum absolute atomic E-state index is 10.5. The lowest BCUT2D eigenvalue weighted by molar-refractivity contribution is -0.137. The molecule has 0 amide bonds. The summed E-state index contributed by atoms with van der Waals surface area (Å²) in [6.07, 6.45) is 0.343. The molecule has 1 N–H and O–H groups in total. The van der Waals surface area contributed by atoms with Crippen molar-refractivity contribution < 1.29 is 19.4 Å². The Balaban J connectivity index is 2.83. The Hall–Kier alpha value is -1.42. The van der Waals surface area contributed by atoms with Gasteiger partial charge in [0, 0.05) is 5.38 Å². The molecule has 94 valence electrons. The third-order valence-electron chi connectivity index (χ3n) is 2.33. The molecule has 0 fully saturated rings. The fourth-order valence-corrected chi connectivity index (χ4v) is 1.84. The molecule has 0 aliphatic carbocycles. The molecule has 0 aliphatic heterocycles. The average Bonchev–Trinajstić information content (AvgIpc) is 2.27. The highest BCUT2D eigenvalue weighted by molar-refractivity contribution is 6.21. The molecule has 0 spiro atoms. The van der Waals surface area contributed by atoms with Crippen molar-refractivity contribution in [3.8, 4) is 11.5 Å². The second kappa shape index (κ2) is 6.35. The predicted molar refractivity (Wildman–Crippen MR) is 65.1 cm³/mol. The van der Waals surface area contributed by atoms with E-state index in [1.807, 2.05) is 0 Å². The summed E-state index contributed by atoms with van der Waals surface area (Å²) in [5.41, 5.74) is 0.841. The van der Waals surface area contributed by atoms with Crippen molar-refractivity contribution >= 4 is 17.6 Å². The zero-order valence-electron chi connectivity index (χ0n) is 9.77. The molecular weight excluding hydrogens is 244 g/mol. The van der Waals surface area contributed by atoms with Crippen molar-refractivity contribution in [3.63, 3.8) is 0 Å². The summed E-state index contributed by atoms with van der Waals surface area (Å²) in [6, 6.07) is 5.36. The van der Waals surface area contributed by atoms with Crippen molar-refractivity contribution in [2.45, 2.75) is 18.2 Å². The molecule has 0 saturated heterocycles. The molecule has 0 heterocycles. The molecule has 1 unspecified atom stereocenters. The van der Waals surface area contributed by atoms with E-state index in [-0.39, 0.29) is 6.42 Å². The van der Waals surface area contributed by atoms with Gasteiger partial charge in [-0.05, 0) is 30.2 Å². The lowest BCUT2D eigenvalue weighted by Crippen LogP contribution is -2.10. The van der Waals surface area contributed by atoms with Crippen LogP contribution in [0.4, 0.5) is 0 Å². The first-order valence-electron chi connectivity index (χ1n) is 5.13. The summed E-state index contributed by atoms with van der Waals surface area (Å²) >= 11 is 5.96. The number of hydrogen-bond acceptors (Lipinski definition) is 3. The van der Waals surface area contributed by atoms with Gasteiger partial charge in [0.1, 0.15) is 11.5 Å². The van der Waals surface area contributed by atoms with Crippen LogP contribution in [0.3, 0.4) is 0 Å². The maximum atomic E-state index is 10.5. The van der Waals surface area contributed by atoms with Crippen LogP contribution in [0.2, 0.25) is 0 Å². The van der Waals surface area contributed by atoms with Crippen LogP contribution in [0, 0.1) is 0 Å². The van der Waals surface area contributed by atoms with Crippen LogP contribution in [0.1, 0.15) is 12.0 Å². The Morgan fingerprint density at radius 2 is 2.12 bits per heavy atom. The maximum Gasteiger partial charge on any atom is 0.304 e. The van der Waals surface area contributed by atoms with Crippen molar-refractivity contribution in [1.29, 1.82) is 0 Å². The van der Waals surface area contributed by atoms with E-state index in [0.29, 0.717) is 17.9 Å². The SMILES string of the molecule is COc1ccc(OC)c(CC(Cl)CC(=O)O)c1. The van der Waals surface area contributed by atoms with E-state index in [1.54, 1.807) is 32.4 Å². The standard InChI is InChI=1S/C12H15ClO4/c1-16-10-3-4-11(17-2)8(6-10)5-9(13)7-12(14)15/h3-4,6,9H,5,7H2,1-2H3,(H,14,15). The number of aliphatic carboxylic acids is 1. The van der Waals surface area contributed by atoms with Crippen molar-refractivity contribution in [1.82, 2.24) is 0 Å². The van der Waals surface area contributed by atoms with E-state index in [0.717, 1.165) is 5.56 Å². The lowest BCUT2D eigenvalue weighted by Gasteiger charge is -2.12. The van der Waals surface area contributed by atoms with Gasteiger partial charge in [0.15, 0.2) is 0 Å². The molecule has 0 saturated carbocycles. The minimum atomic E-state index is -0.910. The zero-order valence-corrected chi connectivity index (χ0v) is 10.5. The van der Waals surface area contributed by atoms with Crippen LogP contribution in [-0.2, 0) is 11.2 Å². The zero-order chi connectivity index (χ0) is 12.8. The summed E-state index contributed by atoms with van der Waals surface area (Å²) in [5, 5.41) is 8.18. The van der Waals surface area contributed by atoms with Gasteiger partial charge in [-0.2, -0.15) is 0 Å². The fraction of sp³-hybridized carbons (Fsp3) is 0.417. The molecule has 1 aromatic carbocycles. The minimum absolute atomic E-state index is 0.0814. The lowest BCUT2D eigenvalue weighted by atomic mass is 10.1. The first-order chi connectivity index (χ1) is 8.06. The number of alkyl halides is 1. The van der Waals surface area contributed by atoms with E-state index in [9.17, 15) is 4.79 Å². The summed E-state index contributed by atoms with van der Waals surface area (Å²) in [4.78, 5) is 10.5. The van der Waals surface area contributed by atoms with Gasteiger partial charge in [-0.15, -0.1) is 11.6 Å². The number of carboxylic acid groups (broad SMARTS) is 1. The highest BCUT2D eigenvalue weighted by Crippen LogP contribution is 2.26. The van der Waals surface area contributed by atoms with E-state index < -0.39 is 11.3 Å². The average molecular weight is 259 g/mol. The van der Waals surface area contributed by atoms with Gasteiger partial charge in [-0.3, -0.25) is 4.79 Å². The second-order valence-electron chi connectivity index (χ2n) is 3.58. The Kier molecular flexibility index (Phi) is 5.10. The summed E-state index contributed by atoms with van der Waals surface area (Å²) in [5.74, 6) is 0.466. The molecule has 1 aromatic rings. The number of benzene rings is 1. The Bertz CT molecular complexity index is 392. The van der Waals surface area contributed by atoms with Gasteiger partial charge < -0.3 is 14.6 Å². The predicted octanol–water partition coefficient (Wildman–Crippen LogP) is 2.33. The van der Waals surface area contributed by atoms with Crippen LogP contribution >= 0.6 is 11.6 Å². The monoisotopic (exact) mass is 258 g/mol. The Morgan fingerprint density at radius 3 is 2.65 bits per heavy atom. The second-order valence-corrected chi connectivity index (χ2v) is 4.19. The van der Waals surface area contributed by atoms with Crippen LogP contribution in [0.5, 0.6) is 11.5 Å². The molecule has 0 radical (unpaired) electrons. The van der Waals surface area contributed by atoms with Gasteiger partial charge in [-0.25, -0.2) is 0 Å². The molecule has 1 rings (SSSR count). The van der Waals surface area contributed by atoms with Crippen LogP contribution in [0.15, 0.2) is 18.2 Å². The third-order valence-corrected chi connectivity index (χ3v) is 2.63. The van der Waals surface area contributed by atoms with Crippen molar-refractivity contribution in [3.05, 3.63) is 23.8 Å². The molecule has 5 heteroatoms. The summed E-state index contributed by atoms with van der Waals surface area (Å²) in [6.45, 7) is 0. The highest BCUT2D eigenvalue weighted by Gasteiger charge is 2.14. The molecule has 17 heavy (non-hydrogen) atoms. The molecule has 1 atom stereocenters. The number of rotatable bonds is 6. The van der Waals surface area contributed by atoms with Gasteiger partial charge in [0.05, 0.1) is 20.6 Å². The van der Waals surface area contributed by atoms with E-state index in [2.05, 4.69) is 0 Å². The van der Waals surface area contributed by atoms with Crippen LogP contribution < -0.4 is 9.47 Å². The number of hydrogen-bond donors (Lipinski definition) is 1. The fourth-order valence-electron chi connectivity index (χ4n) is 1.54. The van der Waals surface area contributed by atoms with Crippen molar-refractivity contribution in [2.24, 2.45) is 0 Å². The first kappa shape index (κ1) is 13.6. The third kappa shape index (κ3) is 4.15. The molecule has 0 aromatic heterocycles. The van der Waals surface area contributed by atoms with Gasteiger partial charge in [0.2, 0.25) is 0 Å². The largest absolute Gasteiger partial charge is 0.497 e. The van der Waals surface area contributed by atoms with Crippen LogP contribution in [0.25, 0.3) is 0 Å². The molecule has 4 nitrogen and oxygen atoms in total. The number of halogens is 1. The van der Waals surface area contributed by atoms with E-state index in [1.165, 1.54) is 0 Å². The smallest absolute Gasteiger partial charge is 0.304 e. The minimum Gasteiger partial charge on any atom is -0.497 e. The van der Waals surface area contributed by atoms with Gasteiger partial charge in [0.25, 0.3) is 0 Å². The Labute approximate surface area is 105 Å². The quantitative estimate of drug-likeness (QED) is 0.796. The molecule has 0 aliphatic rings. The number of carboxylic acids is 1. The number of methoxy groups -OCH3 is 2. The summed E-state index contributed by atoms with van der Waals surface area (Å²) in [7, 11) is 3.13. The molecule has 0 bridgehead atoms. The van der Waals surface area contributed by atoms with Crippen LogP contribution in [-0.4, -0.2) is 30.7 Å². The van der Waals surface area contributed by atoms with Gasteiger partial charge in [-0.1, -0.05) is 0 Å². The van der Waals surface area contributed by atoms with E-state index >= 15 is 0 Å². The normalized spacial score (nSPS) is 11.9. The van der Waals surface area contributed by atoms with Crippen molar-refractivity contribution in [2.75, 3.05) is 14.2 Å². The first-order valence-corrected chi connectivity index (χ1v) is 5.57. The Morgan fingerprint density at radius 1 is 1.41 bits per heavy atom. The number of carbonyl (C=O) groups is 1. The highest BCUT2D eigenvalue weighted by atomic mass is 35.5. The number of ether oxygens (including phenoxy) is 2.